The van der Waals surface area contributed by atoms with Gasteiger partial charge in [0.05, 0.1) is 13.2 Å². The summed E-state index contributed by atoms with van der Waals surface area (Å²) in [6.45, 7) is 5.06. The van der Waals surface area contributed by atoms with E-state index in [1.165, 1.54) is 0 Å². The maximum atomic E-state index is 11.9. The molecule has 6 nitrogen and oxygen atoms in total. The Bertz CT molecular complexity index is 454. The molecular formula is C14H20ClN3O3. The molecule has 2 fully saturated rings. The predicted molar refractivity (Wildman–Crippen MR) is 79.6 cm³/mol. The number of hydrogen-bond acceptors (Lipinski definition) is 6. The molecule has 0 saturated carbocycles. The van der Waals surface area contributed by atoms with Crippen LogP contribution < -0.4 is 5.59 Å². The molecule has 1 aromatic carbocycles. The van der Waals surface area contributed by atoms with Gasteiger partial charge >= 0.3 is 5.97 Å². The molecule has 2 aliphatic rings. The summed E-state index contributed by atoms with van der Waals surface area (Å²) in [6.07, 6.45) is 0. The van der Waals surface area contributed by atoms with E-state index in [4.69, 9.17) is 9.57 Å². The monoisotopic (exact) mass is 313 g/mol. The van der Waals surface area contributed by atoms with Crippen LogP contribution in [-0.2, 0) is 14.4 Å². The Morgan fingerprint density at radius 3 is 2.57 bits per heavy atom. The topological polar surface area (TPSA) is 54.0 Å². The number of nitrogens with one attached hydrogen (secondary N) is 1. The van der Waals surface area contributed by atoms with E-state index >= 15 is 0 Å². The minimum atomic E-state index is -0.364. The first-order valence-electron chi connectivity index (χ1n) is 6.92. The van der Waals surface area contributed by atoms with E-state index in [0.717, 1.165) is 45.0 Å². The molecule has 2 saturated heterocycles. The first-order chi connectivity index (χ1) is 9.84. The number of benzene rings is 1. The SMILES string of the molecule is Cl.O=C1ONN(CCN2CCOCC2)C1c1ccccc1. The van der Waals surface area contributed by atoms with Gasteiger partial charge in [-0.05, 0) is 5.56 Å². The first-order valence-corrected chi connectivity index (χ1v) is 6.92. The van der Waals surface area contributed by atoms with Crippen LogP contribution in [0, 0.1) is 0 Å². The summed E-state index contributed by atoms with van der Waals surface area (Å²) in [6, 6.07) is 9.33. The highest BCUT2D eigenvalue weighted by Crippen LogP contribution is 2.24. The van der Waals surface area contributed by atoms with E-state index in [1.54, 1.807) is 0 Å². The molecule has 1 unspecified atom stereocenters. The molecule has 0 aromatic heterocycles. The third-order valence-corrected chi connectivity index (χ3v) is 3.67. The molecule has 0 bridgehead atoms. The second-order valence-corrected chi connectivity index (χ2v) is 4.97. The minimum absolute atomic E-state index is 0. The highest BCUT2D eigenvalue weighted by molar-refractivity contribution is 5.85. The number of morpholine rings is 1. The van der Waals surface area contributed by atoms with Crippen molar-refractivity contribution in [2.24, 2.45) is 0 Å². The number of hydrazine groups is 1. The third-order valence-electron chi connectivity index (χ3n) is 3.67. The van der Waals surface area contributed by atoms with Crippen LogP contribution in [0.5, 0.6) is 0 Å². The Morgan fingerprint density at radius 2 is 1.86 bits per heavy atom. The molecular weight excluding hydrogens is 294 g/mol. The fourth-order valence-corrected chi connectivity index (χ4v) is 2.54. The summed E-state index contributed by atoms with van der Waals surface area (Å²) >= 11 is 0. The molecule has 0 amide bonds. The van der Waals surface area contributed by atoms with Gasteiger partial charge in [0.2, 0.25) is 0 Å². The Balaban J connectivity index is 0.00000161. The molecule has 1 atom stereocenters. The zero-order chi connectivity index (χ0) is 13.8. The average Bonchev–Trinajstić information content (AvgIpc) is 2.88. The van der Waals surface area contributed by atoms with Crippen LogP contribution in [0.1, 0.15) is 11.6 Å². The summed E-state index contributed by atoms with van der Waals surface area (Å²) in [7, 11) is 0. The largest absolute Gasteiger partial charge is 0.379 e. The molecule has 1 N–H and O–H groups in total. The van der Waals surface area contributed by atoms with Gasteiger partial charge in [-0.15, -0.1) is 12.4 Å². The Hall–Kier alpha value is -1.18. The summed E-state index contributed by atoms with van der Waals surface area (Å²) in [4.78, 5) is 19.2. The van der Waals surface area contributed by atoms with Crippen molar-refractivity contribution in [3.05, 3.63) is 35.9 Å². The number of carbonyl (C=O) groups excluding carboxylic acids is 1. The summed E-state index contributed by atoms with van der Waals surface area (Å²) < 4.78 is 5.33. The van der Waals surface area contributed by atoms with Gasteiger partial charge in [0.25, 0.3) is 0 Å². The fraction of sp³-hybridized carbons (Fsp3) is 0.500. The average molecular weight is 314 g/mol. The van der Waals surface area contributed by atoms with Gasteiger partial charge in [-0.2, -0.15) is 5.01 Å². The second-order valence-electron chi connectivity index (χ2n) is 4.97. The van der Waals surface area contributed by atoms with Crippen molar-refractivity contribution in [2.75, 3.05) is 39.4 Å². The molecule has 0 radical (unpaired) electrons. The lowest BCUT2D eigenvalue weighted by Gasteiger charge is -2.28. The fourth-order valence-electron chi connectivity index (χ4n) is 2.54. The van der Waals surface area contributed by atoms with Crippen molar-refractivity contribution in [3.8, 4) is 0 Å². The lowest BCUT2D eigenvalue weighted by Crippen LogP contribution is -2.43. The second kappa shape index (κ2) is 7.72. The highest BCUT2D eigenvalue weighted by Gasteiger charge is 2.36. The molecule has 0 aliphatic carbocycles. The van der Waals surface area contributed by atoms with E-state index in [9.17, 15) is 4.79 Å². The van der Waals surface area contributed by atoms with Gasteiger partial charge in [-0.25, -0.2) is 4.79 Å². The first kappa shape index (κ1) is 16.2. The lowest BCUT2D eigenvalue weighted by atomic mass is 10.1. The minimum Gasteiger partial charge on any atom is -0.379 e. The number of carbonyl (C=O) groups is 1. The zero-order valence-electron chi connectivity index (χ0n) is 11.7. The molecule has 21 heavy (non-hydrogen) atoms. The van der Waals surface area contributed by atoms with Gasteiger partial charge in [0.15, 0.2) is 6.04 Å². The standard InChI is InChI=1S/C14H19N3O3.ClH/c18-14-13(12-4-2-1-3-5-12)17(15-20-14)7-6-16-8-10-19-11-9-16;/h1-5,13,15H,6-11H2;1H. The van der Waals surface area contributed by atoms with Crippen molar-refractivity contribution in [3.63, 3.8) is 0 Å². The van der Waals surface area contributed by atoms with Crippen LogP contribution in [0.3, 0.4) is 0 Å². The maximum absolute atomic E-state index is 11.9. The lowest BCUT2D eigenvalue weighted by molar-refractivity contribution is -0.144. The molecule has 2 heterocycles. The Kier molecular flexibility index (Phi) is 5.96. The van der Waals surface area contributed by atoms with E-state index < -0.39 is 0 Å². The van der Waals surface area contributed by atoms with Crippen LogP contribution >= 0.6 is 12.4 Å². The number of halogens is 1. The van der Waals surface area contributed by atoms with Crippen LogP contribution in [0.2, 0.25) is 0 Å². The predicted octanol–water partition coefficient (Wildman–Crippen LogP) is 0.760. The van der Waals surface area contributed by atoms with Crippen LogP contribution in [0.4, 0.5) is 0 Å². The van der Waals surface area contributed by atoms with Gasteiger partial charge in [-0.3, -0.25) is 4.90 Å². The number of ether oxygens (including phenoxy) is 1. The van der Waals surface area contributed by atoms with Gasteiger partial charge in [0, 0.05) is 26.2 Å². The van der Waals surface area contributed by atoms with Crippen molar-refractivity contribution >= 4 is 18.4 Å². The zero-order valence-corrected chi connectivity index (χ0v) is 12.6. The summed E-state index contributed by atoms with van der Waals surface area (Å²) in [5.74, 6) is -0.252. The van der Waals surface area contributed by atoms with Gasteiger partial charge in [-0.1, -0.05) is 35.9 Å². The molecule has 116 valence electrons. The molecule has 0 spiro atoms. The van der Waals surface area contributed by atoms with Crippen molar-refractivity contribution in [1.82, 2.24) is 15.5 Å². The number of rotatable bonds is 4. The van der Waals surface area contributed by atoms with E-state index in [1.807, 2.05) is 35.3 Å². The maximum Gasteiger partial charge on any atom is 0.349 e. The van der Waals surface area contributed by atoms with Crippen LogP contribution in [0.25, 0.3) is 0 Å². The normalized spacial score (nSPS) is 23.6. The van der Waals surface area contributed by atoms with Crippen molar-refractivity contribution in [1.29, 1.82) is 0 Å². The van der Waals surface area contributed by atoms with E-state index in [-0.39, 0.29) is 24.4 Å². The Labute approximate surface area is 130 Å². The quantitative estimate of drug-likeness (QED) is 0.886. The highest BCUT2D eigenvalue weighted by atomic mass is 35.5. The van der Waals surface area contributed by atoms with E-state index in [2.05, 4.69) is 10.5 Å². The van der Waals surface area contributed by atoms with Crippen molar-refractivity contribution < 1.29 is 14.4 Å². The number of nitrogens with zero attached hydrogens (tertiary/aromatic N) is 2. The molecule has 1 aromatic rings. The molecule has 3 rings (SSSR count). The van der Waals surface area contributed by atoms with Crippen LogP contribution in [0.15, 0.2) is 30.3 Å². The van der Waals surface area contributed by atoms with E-state index in [0.29, 0.717) is 0 Å². The van der Waals surface area contributed by atoms with Gasteiger partial charge < -0.3 is 9.57 Å². The Morgan fingerprint density at radius 1 is 1.14 bits per heavy atom. The van der Waals surface area contributed by atoms with Gasteiger partial charge in [0.1, 0.15) is 0 Å². The summed E-state index contributed by atoms with van der Waals surface area (Å²) in [5.41, 5.74) is 3.67. The smallest absolute Gasteiger partial charge is 0.349 e. The third kappa shape index (κ3) is 3.93. The van der Waals surface area contributed by atoms with Crippen molar-refractivity contribution in [2.45, 2.75) is 6.04 Å². The van der Waals surface area contributed by atoms with Crippen LogP contribution in [-0.4, -0.2) is 55.3 Å². The number of hydrogen-bond donors (Lipinski definition) is 1. The molecule has 2 aliphatic heterocycles. The summed E-state index contributed by atoms with van der Waals surface area (Å²) in [5, 5.41) is 1.85. The molecule has 7 heteroatoms.